The predicted molar refractivity (Wildman–Crippen MR) is 89.6 cm³/mol. The van der Waals surface area contributed by atoms with Crippen molar-refractivity contribution in [3.63, 3.8) is 0 Å². The Hall–Kier alpha value is -2.45. The molecule has 2 fully saturated rings. The van der Waals surface area contributed by atoms with Crippen LogP contribution in [0.25, 0.3) is 0 Å². The summed E-state index contributed by atoms with van der Waals surface area (Å²) in [5.74, 6) is -3.28. The van der Waals surface area contributed by atoms with Gasteiger partial charge >= 0.3 is 5.97 Å². The highest BCUT2D eigenvalue weighted by atomic mass is 16.4. The van der Waals surface area contributed by atoms with Gasteiger partial charge in [-0.2, -0.15) is 0 Å². The van der Waals surface area contributed by atoms with Gasteiger partial charge in [0.15, 0.2) is 0 Å². The lowest BCUT2D eigenvalue weighted by molar-refractivity contribution is -0.142. The van der Waals surface area contributed by atoms with E-state index in [-0.39, 0.29) is 31.0 Å². The molecule has 0 unspecified atom stereocenters. The van der Waals surface area contributed by atoms with Gasteiger partial charge in [0.2, 0.25) is 17.7 Å². The number of rotatable bonds is 7. The zero-order valence-corrected chi connectivity index (χ0v) is 14.8. The first-order chi connectivity index (χ1) is 12.2. The minimum Gasteiger partial charge on any atom is -0.481 e. The molecule has 0 spiro atoms. The number of hydrogen-bond donors (Lipinski definition) is 3. The molecule has 1 aliphatic heterocycles. The van der Waals surface area contributed by atoms with E-state index in [1.165, 1.54) is 4.90 Å². The van der Waals surface area contributed by atoms with E-state index in [0.717, 1.165) is 0 Å². The average Bonchev–Trinajstić information content (AvgIpc) is 3.16. The maximum Gasteiger partial charge on any atom is 0.303 e. The second kappa shape index (κ2) is 8.29. The van der Waals surface area contributed by atoms with Crippen molar-refractivity contribution in [2.75, 3.05) is 6.54 Å². The van der Waals surface area contributed by atoms with Crippen LogP contribution in [0.3, 0.4) is 0 Å². The number of carboxylic acids is 1. The summed E-state index contributed by atoms with van der Waals surface area (Å²) >= 11 is 0. The summed E-state index contributed by atoms with van der Waals surface area (Å²) in [6.07, 6.45) is 1.13. The number of nitrogens with one attached hydrogen (secondary N) is 1. The number of ketones is 1. The topological polar surface area (TPSA) is 147 Å². The number of likely N-dealkylation sites (tertiary alicyclic amines) is 1. The third-order valence-corrected chi connectivity index (χ3v) is 5.15. The van der Waals surface area contributed by atoms with Crippen LogP contribution in [0.4, 0.5) is 0 Å². The third-order valence-electron chi connectivity index (χ3n) is 5.15. The molecule has 2 rings (SSSR count). The molecule has 144 valence electrons. The molecule has 1 heterocycles. The maximum atomic E-state index is 12.8. The molecule has 0 aromatic rings. The number of amides is 3. The van der Waals surface area contributed by atoms with E-state index in [1.54, 1.807) is 6.92 Å². The zero-order chi connectivity index (χ0) is 19.4. The van der Waals surface area contributed by atoms with Crippen molar-refractivity contribution in [3.8, 4) is 0 Å². The largest absolute Gasteiger partial charge is 0.481 e. The number of carboxylic acid groups (broad SMARTS) is 1. The average molecular weight is 367 g/mol. The van der Waals surface area contributed by atoms with E-state index in [9.17, 15) is 24.0 Å². The summed E-state index contributed by atoms with van der Waals surface area (Å²) in [4.78, 5) is 60.6. The highest BCUT2D eigenvalue weighted by molar-refractivity contribution is 5.95. The number of hydrogen-bond acceptors (Lipinski definition) is 5. The Kier molecular flexibility index (Phi) is 6.33. The first kappa shape index (κ1) is 19.9. The lowest BCUT2D eigenvalue weighted by atomic mass is 9.96. The van der Waals surface area contributed by atoms with Gasteiger partial charge in [-0.1, -0.05) is 6.92 Å². The normalized spacial score (nSPS) is 26.6. The SMILES string of the molecule is C[C@H]1CC(=O)C[C@H]1C(=O)N[C@@H](CCC(=O)O)C(=O)N1CCC[C@H]1C(N)=O. The predicted octanol–water partition coefficient (Wildman–Crippen LogP) is -0.572. The molecule has 1 aliphatic carbocycles. The number of nitrogens with two attached hydrogens (primary N) is 1. The fourth-order valence-electron chi connectivity index (χ4n) is 3.71. The number of carbonyl (C=O) groups excluding carboxylic acids is 4. The smallest absolute Gasteiger partial charge is 0.303 e. The molecule has 2 aliphatic rings. The van der Waals surface area contributed by atoms with Crippen molar-refractivity contribution in [3.05, 3.63) is 0 Å². The van der Waals surface area contributed by atoms with Gasteiger partial charge in [-0.15, -0.1) is 0 Å². The zero-order valence-electron chi connectivity index (χ0n) is 14.8. The fourth-order valence-corrected chi connectivity index (χ4v) is 3.71. The Morgan fingerprint density at radius 2 is 2.00 bits per heavy atom. The van der Waals surface area contributed by atoms with Crippen LogP contribution in [0.15, 0.2) is 0 Å². The van der Waals surface area contributed by atoms with Crippen LogP contribution in [-0.2, 0) is 24.0 Å². The number of Topliss-reactive ketones (excluding diaryl/α,β-unsaturated/α-hetero) is 1. The molecule has 0 bridgehead atoms. The lowest BCUT2D eigenvalue weighted by Gasteiger charge is -2.28. The molecular formula is C17H25N3O6. The van der Waals surface area contributed by atoms with Crippen molar-refractivity contribution >= 4 is 29.5 Å². The van der Waals surface area contributed by atoms with Gasteiger partial charge < -0.3 is 21.1 Å². The molecule has 1 saturated heterocycles. The molecule has 0 aromatic heterocycles. The number of primary amides is 1. The van der Waals surface area contributed by atoms with Gasteiger partial charge in [0.05, 0.1) is 0 Å². The molecule has 9 nitrogen and oxygen atoms in total. The van der Waals surface area contributed by atoms with Crippen LogP contribution in [0.2, 0.25) is 0 Å². The molecule has 4 atom stereocenters. The number of aliphatic carboxylic acids is 1. The highest BCUT2D eigenvalue weighted by Crippen LogP contribution is 2.29. The van der Waals surface area contributed by atoms with Crippen LogP contribution in [0.5, 0.6) is 0 Å². The van der Waals surface area contributed by atoms with Crippen molar-refractivity contribution in [2.45, 2.75) is 57.5 Å². The van der Waals surface area contributed by atoms with E-state index in [2.05, 4.69) is 5.32 Å². The Balaban J connectivity index is 2.10. The molecule has 0 radical (unpaired) electrons. The van der Waals surface area contributed by atoms with Gasteiger partial charge in [-0.25, -0.2) is 0 Å². The second-order valence-corrected chi connectivity index (χ2v) is 7.12. The quantitative estimate of drug-likeness (QED) is 0.549. The van der Waals surface area contributed by atoms with E-state index < -0.39 is 41.7 Å². The molecular weight excluding hydrogens is 342 g/mol. The minimum absolute atomic E-state index is 0.000558. The van der Waals surface area contributed by atoms with Crippen molar-refractivity contribution in [1.29, 1.82) is 0 Å². The fraction of sp³-hybridized carbons (Fsp3) is 0.706. The summed E-state index contributed by atoms with van der Waals surface area (Å²) in [5, 5.41) is 11.5. The van der Waals surface area contributed by atoms with Crippen LogP contribution in [0, 0.1) is 11.8 Å². The molecule has 3 amide bonds. The summed E-state index contributed by atoms with van der Waals surface area (Å²) in [5.41, 5.74) is 5.33. The Bertz CT molecular complexity index is 620. The van der Waals surface area contributed by atoms with E-state index in [1.807, 2.05) is 0 Å². The summed E-state index contributed by atoms with van der Waals surface area (Å²) in [6, 6.07) is -1.79. The van der Waals surface area contributed by atoms with Crippen LogP contribution >= 0.6 is 0 Å². The Labute approximate surface area is 151 Å². The molecule has 0 aromatic carbocycles. The van der Waals surface area contributed by atoms with Gasteiger partial charge in [-0.05, 0) is 25.2 Å². The van der Waals surface area contributed by atoms with Crippen molar-refractivity contribution in [1.82, 2.24) is 10.2 Å². The highest BCUT2D eigenvalue weighted by Gasteiger charge is 2.39. The molecule has 9 heteroatoms. The summed E-state index contributed by atoms with van der Waals surface area (Å²) in [7, 11) is 0. The third kappa shape index (κ3) is 4.59. The number of carbonyl (C=O) groups is 5. The van der Waals surface area contributed by atoms with Crippen LogP contribution in [-0.4, -0.2) is 58.1 Å². The lowest BCUT2D eigenvalue weighted by Crippen LogP contribution is -2.53. The Morgan fingerprint density at radius 3 is 2.54 bits per heavy atom. The molecule has 4 N–H and O–H groups in total. The van der Waals surface area contributed by atoms with Crippen molar-refractivity contribution in [2.24, 2.45) is 17.6 Å². The van der Waals surface area contributed by atoms with E-state index in [0.29, 0.717) is 25.8 Å². The van der Waals surface area contributed by atoms with Gasteiger partial charge in [0, 0.05) is 31.7 Å². The maximum absolute atomic E-state index is 12.8. The van der Waals surface area contributed by atoms with Gasteiger partial charge in [0.1, 0.15) is 17.9 Å². The summed E-state index contributed by atoms with van der Waals surface area (Å²) in [6.45, 7) is 2.14. The van der Waals surface area contributed by atoms with Crippen molar-refractivity contribution < 1.29 is 29.1 Å². The summed E-state index contributed by atoms with van der Waals surface area (Å²) < 4.78 is 0. The Morgan fingerprint density at radius 1 is 1.31 bits per heavy atom. The van der Waals surface area contributed by atoms with Crippen LogP contribution < -0.4 is 11.1 Å². The minimum atomic E-state index is -1.09. The van der Waals surface area contributed by atoms with Gasteiger partial charge in [-0.3, -0.25) is 24.0 Å². The monoisotopic (exact) mass is 367 g/mol. The van der Waals surface area contributed by atoms with Gasteiger partial charge in [0.25, 0.3) is 0 Å². The second-order valence-electron chi connectivity index (χ2n) is 7.12. The molecule has 26 heavy (non-hydrogen) atoms. The molecule has 1 saturated carbocycles. The van der Waals surface area contributed by atoms with E-state index in [4.69, 9.17) is 10.8 Å². The van der Waals surface area contributed by atoms with E-state index >= 15 is 0 Å². The number of nitrogens with zero attached hydrogens (tertiary/aromatic N) is 1. The first-order valence-electron chi connectivity index (χ1n) is 8.84. The van der Waals surface area contributed by atoms with Crippen LogP contribution in [0.1, 0.15) is 45.4 Å². The first-order valence-corrected chi connectivity index (χ1v) is 8.84. The standard InChI is InChI=1S/C17H25N3O6/c1-9-7-10(21)8-11(9)16(25)19-12(4-5-14(22)23)17(26)20-6-2-3-13(20)15(18)24/h9,11-13H,2-8H2,1H3,(H2,18,24)(H,19,25)(H,22,23)/t9-,11+,12-,13-/m0/s1.